The van der Waals surface area contributed by atoms with Crippen LogP contribution in [0.2, 0.25) is 5.02 Å². The highest BCUT2D eigenvalue weighted by Gasteiger charge is 2.12. The van der Waals surface area contributed by atoms with Crippen LogP contribution in [-0.4, -0.2) is 28.1 Å². The lowest BCUT2D eigenvalue weighted by Crippen LogP contribution is -2.12. The van der Waals surface area contributed by atoms with E-state index in [9.17, 15) is 4.79 Å². The van der Waals surface area contributed by atoms with Crippen molar-refractivity contribution >= 4 is 34.0 Å². The second kappa shape index (κ2) is 9.06. The molecule has 0 radical (unpaired) electrons. The molecule has 0 atom stereocenters. The van der Waals surface area contributed by atoms with Crippen LogP contribution in [0.4, 0.5) is 5.13 Å². The lowest BCUT2D eigenvalue weighted by Gasteiger charge is -2.01. The molecule has 1 N–H and O–H groups in total. The molecule has 0 aliphatic carbocycles. The highest BCUT2D eigenvalue weighted by atomic mass is 35.5. The van der Waals surface area contributed by atoms with Crippen LogP contribution in [0.5, 0.6) is 5.75 Å². The molecular weight excluding hydrogens is 424 g/mol. The number of ether oxygens (including phenoxy) is 1. The number of aryl methyl sites for hydroxylation is 1. The van der Waals surface area contributed by atoms with E-state index >= 15 is 0 Å². The Morgan fingerprint density at radius 1 is 1.10 bits per heavy atom. The molecule has 7 nitrogen and oxygen atoms in total. The molecule has 9 heteroatoms. The highest BCUT2D eigenvalue weighted by Crippen LogP contribution is 2.26. The van der Waals surface area contributed by atoms with Gasteiger partial charge in [-0.3, -0.25) is 4.79 Å². The topological polar surface area (TPSA) is 90.1 Å². The number of rotatable bonds is 7. The van der Waals surface area contributed by atoms with E-state index in [1.54, 1.807) is 19.2 Å². The number of hydrogen-bond donors (Lipinski definition) is 1. The minimum Gasteiger partial charge on any atom is -0.497 e. The second-order valence-electron chi connectivity index (χ2n) is 6.33. The minimum absolute atomic E-state index is 0.170. The summed E-state index contributed by atoms with van der Waals surface area (Å²) in [5.74, 6) is 1.47. The number of benzene rings is 2. The van der Waals surface area contributed by atoms with Gasteiger partial charge in [0.2, 0.25) is 17.6 Å². The Labute approximate surface area is 181 Å². The number of amides is 1. The molecule has 2 heterocycles. The van der Waals surface area contributed by atoms with Crippen molar-refractivity contribution in [2.24, 2.45) is 0 Å². The number of aromatic nitrogens is 3. The number of halogens is 1. The summed E-state index contributed by atoms with van der Waals surface area (Å²) < 4.78 is 10.4. The van der Waals surface area contributed by atoms with Gasteiger partial charge in [0.25, 0.3) is 0 Å². The molecule has 0 fully saturated rings. The Morgan fingerprint density at radius 3 is 2.57 bits per heavy atom. The number of nitrogens with one attached hydrogen (secondary N) is 1. The van der Waals surface area contributed by atoms with E-state index in [0.717, 1.165) is 22.6 Å². The minimum atomic E-state index is -0.170. The lowest BCUT2D eigenvalue weighted by molar-refractivity contribution is -0.116. The Hall–Kier alpha value is -3.23. The maximum atomic E-state index is 12.3. The van der Waals surface area contributed by atoms with Crippen molar-refractivity contribution in [1.82, 2.24) is 15.1 Å². The molecule has 2 aromatic heterocycles. The van der Waals surface area contributed by atoms with Gasteiger partial charge in [-0.25, -0.2) is 4.98 Å². The third-order valence-electron chi connectivity index (χ3n) is 4.27. The molecule has 2 aromatic carbocycles. The van der Waals surface area contributed by atoms with Gasteiger partial charge in [0.15, 0.2) is 5.13 Å². The Kier molecular flexibility index (Phi) is 6.06. The monoisotopic (exact) mass is 440 g/mol. The van der Waals surface area contributed by atoms with Crippen molar-refractivity contribution < 1.29 is 14.1 Å². The van der Waals surface area contributed by atoms with E-state index in [2.05, 4.69) is 20.4 Å². The van der Waals surface area contributed by atoms with E-state index in [0.29, 0.717) is 28.3 Å². The maximum Gasteiger partial charge on any atom is 0.227 e. The Balaban J connectivity index is 1.32. The first-order valence-electron chi connectivity index (χ1n) is 9.09. The molecule has 0 bridgehead atoms. The van der Waals surface area contributed by atoms with Gasteiger partial charge in [-0.15, -0.1) is 11.3 Å². The summed E-state index contributed by atoms with van der Waals surface area (Å²) in [5.41, 5.74) is 2.54. The summed E-state index contributed by atoms with van der Waals surface area (Å²) in [6.07, 6.45) is 0.544. The normalized spacial score (nSPS) is 10.7. The summed E-state index contributed by atoms with van der Waals surface area (Å²) in [6, 6.07) is 14.7. The van der Waals surface area contributed by atoms with Crippen LogP contribution >= 0.6 is 22.9 Å². The highest BCUT2D eigenvalue weighted by molar-refractivity contribution is 7.14. The number of nitrogens with zero attached hydrogens (tertiary/aromatic N) is 3. The fraction of sp³-hybridized carbons (Fsp3) is 0.143. The quantitative estimate of drug-likeness (QED) is 0.430. The van der Waals surface area contributed by atoms with Crippen molar-refractivity contribution in [3.8, 4) is 28.4 Å². The van der Waals surface area contributed by atoms with E-state index in [1.165, 1.54) is 11.3 Å². The number of thiazole rings is 1. The Morgan fingerprint density at radius 2 is 1.83 bits per heavy atom. The van der Waals surface area contributed by atoms with Crippen molar-refractivity contribution in [1.29, 1.82) is 0 Å². The van der Waals surface area contributed by atoms with Gasteiger partial charge >= 0.3 is 0 Å². The van der Waals surface area contributed by atoms with Crippen LogP contribution in [0.3, 0.4) is 0 Å². The summed E-state index contributed by atoms with van der Waals surface area (Å²) in [4.78, 5) is 21.1. The van der Waals surface area contributed by atoms with Crippen LogP contribution in [0, 0.1) is 0 Å². The van der Waals surface area contributed by atoms with Crippen molar-refractivity contribution in [3.05, 3.63) is 64.8 Å². The molecule has 4 rings (SSSR count). The third kappa shape index (κ3) is 4.84. The zero-order valence-electron chi connectivity index (χ0n) is 16.0. The smallest absolute Gasteiger partial charge is 0.227 e. The fourth-order valence-corrected chi connectivity index (χ4v) is 3.56. The van der Waals surface area contributed by atoms with Gasteiger partial charge in [0.05, 0.1) is 12.8 Å². The zero-order valence-corrected chi connectivity index (χ0v) is 17.5. The molecule has 4 aromatic rings. The van der Waals surface area contributed by atoms with Crippen molar-refractivity contribution in [2.45, 2.75) is 12.8 Å². The van der Waals surface area contributed by atoms with Gasteiger partial charge < -0.3 is 14.6 Å². The molecule has 1 amide bonds. The summed E-state index contributed by atoms with van der Waals surface area (Å²) in [6.45, 7) is 0. The summed E-state index contributed by atoms with van der Waals surface area (Å²) in [7, 11) is 1.62. The summed E-state index contributed by atoms with van der Waals surface area (Å²) in [5, 5.41) is 9.83. The largest absolute Gasteiger partial charge is 0.497 e. The maximum absolute atomic E-state index is 12.3. The van der Waals surface area contributed by atoms with Crippen molar-refractivity contribution in [3.63, 3.8) is 0 Å². The van der Waals surface area contributed by atoms with Gasteiger partial charge in [-0.1, -0.05) is 16.8 Å². The molecule has 0 spiro atoms. The molecule has 0 aliphatic rings. The van der Waals surface area contributed by atoms with Crippen LogP contribution in [0.25, 0.3) is 22.6 Å². The molecule has 0 saturated heterocycles. The van der Waals surface area contributed by atoms with E-state index < -0.39 is 0 Å². The van der Waals surface area contributed by atoms with Crippen molar-refractivity contribution in [2.75, 3.05) is 12.4 Å². The van der Waals surface area contributed by atoms with Gasteiger partial charge in [-0.2, -0.15) is 4.98 Å². The molecule has 0 unspecified atom stereocenters. The predicted molar refractivity (Wildman–Crippen MR) is 116 cm³/mol. The standard InChI is InChI=1S/C21H17ClN4O3S/c1-28-16-8-4-13(5-9-16)17-12-30-21(23-17)24-18(27)10-11-19-25-20(26-29-19)14-2-6-15(22)7-3-14/h2-9,12H,10-11H2,1H3,(H,23,24,27). The number of carbonyl (C=O) groups is 1. The number of methoxy groups -OCH3 is 1. The second-order valence-corrected chi connectivity index (χ2v) is 7.63. The van der Waals surface area contributed by atoms with E-state index in [-0.39, 0.29) is 12.3 Å². The number of carbonyl (C=O) groups excluding carboxylic acids is 1. The average molecular weight is 441 g/mol. The number of anilines is 1. The number of hydrogen-bond acceptors (Lipinski definition) is 7. The third-order valence-corrected chi connectivity index (χ3v) is 5.28. The van der Waals surface area contributed by atoms with Gasteiger partial charge in [0.1, 0.15) is 5.75 Å². The zero-order chi connectivity index (χ0) is 20.9. The Bertz CT molecular complexity index is 1140. The average Bonchev–Trinajstić information content (AvgIpc) is 3.43. The van der Waals surface area contributed by atoms with Crippen LogP contribution < -0.4 is 10.1 Å². The van der Waals surface area contributed by atoms with Crippen LogP contribution in [0.15, 0.2) is 58.4 Å². The van der Waals surface area contributed by atoms with Crippen LogP contribution in [0.1, 0.15) is 12.3 Å². The fourth-order valence-electron chi connectivity index (χ4n) is 2.70. The molecular formula is C21H17ClN4O3S. The summed E-state index contributed by atoms with van der Waals surface area (Å²) >= 11 is 7.26. The molecule has 30 heavy (non-hydrogen) atoms. The van der Waals surface area contributed by atoms with Crippen LogP contribution in [-0.2, 0) is 11.2 Å². The predicted octanol–water partition coefficient (Wildman–Crippen LogP) is 5.09. The SMILES string of the molecule is COc1ccc(-c2csc(NC(=O)CCc3nc(-c4ccc(Cl)cc4)no3)n2)cc1. The van der Waals surface area contributed by atoms with E-state index in [1.807, 2.05) is 41.8 Å². The molecule has 0 saturated carbocycles. The first kappa shape index (κ1) is 20.1. The molecule has 0 aliphatic heterocycles. The first-order valence-corrected chi connectivity index (χ1v) is 10.3. The molecule has 152 valence electrons. The van der Waals surface area contributed by atoms with E-state index in [4.69, 9.17) is 20.9 Å². The lowest BCUT2D eigenvalue weighted by atomic mass is 10.2. The van der Waals surface area contributed by atoms with Gasteiger partial charge in [-0.05, 0) is 48.5 Å². The first-order chi connectivity index (χ1) is 14.6. The van der Waals surface area contributed by atoms with Gasteiger partial charge in [0, 0.05) is 34.4 Å².